The minimum absolute atomic E-state index is 0. The van der Waals surface area contributed by atoms with Crippen LogP contribution in [0, 0.1) is 0 Å². The van der Waals surface area contributed by atoms with Gasteiger partial charge in [-0.1, -0.05) is 30.3 Å². The summed E-state index contributed by atoms with van der Waals surface area (Å²) in [5, 5.41) is 8.54. The molecule has 0 aliphatic heterocycles. The molecule has 9 heteroatoms. The van der Waals surface area contributed by atoms with Crippen molar-refractivity contribution in [1.29, 1.82) is 0 Å². The predicted molar refractivity (Wildman–Crippen MR) is 48.7 cm³/mol. The van der Waals surface area contributed by atoms with Crippen molar-refractivity contribution in [2.45, 2.75) is 6.61 Å². The predicted octanol–water partition coefficient (Wildman–Crippen LogP) is 0.215. The van der Waals surface area contributed by atoms with Crippen molar-refractivity contribution < 1.29 is 49.4 Å². The Kier molecular flexibility index (Phi) is 13.1. The van der Waals surface area contributed by atoms with E-state index in [2.05, 4.69) is 4.31 Å². The molecule has 0 bridgehead atoms. The summed E-state index contributed by atoms with van der Waals surface area (Å²) in [5.74, 6) is 0. The van der Waals surface area contributed by atoms with Crippen molar-refractivity contribution in [2.75, 3.05) is 0 Å². The van der Waals surface area contributed by atoms with E-state index < -0.39 is 16.5 Å². The van der Waals surface area contributed by atoms with E-state index >= 15 is 0 Å². The molecule has 0 heterocycles. The van der Waals surface area contributed by atoms with Gasteiger partial charge in [-0.25, -0.2) is 0 Å². The molecule has 2 atom stereocenters. The van der Waals surface area contributed by atoms with E-state index in [0.29, 0.717) is 0 Å². The Morgan fingerprint density at radius 3 is 1.75 bits per heavy atom. The van der Waals surface area contributed by atoms with E-state index in [-0.39, 0.29) is 27.7 Å². The summed E-state index contributed by atoms with van der Waals surface area (Å²) in [7, 11) is -6.47. The van der Waals surface area contributed by atoms with E-state index in [4.69, 9.17) is 5.11 Å². The first-order valence-corrected chi connectivity index (χ1v) is 5.87. The summed E-state index contributed by atoms with van der Waals surface area (Å²) in [6, 6.07) is 9.52. The van der Waals surface area contributed by atoms with Crippen LogP contribution in [0.5, 0.6) is 0 Å². The van der Waals surface area contributed by atoms with Crippen LogP contribution in [0.1, 0.15) is 5.56 Å². The molecule has 1 N–H and O–H groups in total. The zero-order valence-corrected chi connectivity index (χ0v) is 11.9. The molecule has 0 saturated carbocycles. The largest absolute Gasteiger partial charge is 2.00 e. The van der Waals surface area contributed by atoms with Crippen molar-refractivity contribution >= 4 is 16.5 Å². The Morgan fingerprint density at radius 2 is 1.56 bits per heavy atom. The topological polar surface area (TPSA) is 110 Å². The average Bonchev–Trinajstić information content (AvgIpc) is 2.18. The van der Waals surface area contributed by atoms with Crippen molar-refractivity contribution in [3.05, 3.63) is 35.9 Å². The van der Waals surface area contributed by atoms with Crippen molar-refractivity contribution in [2.24, 2.45) is 0 Å². The first-order chi connectivity index (χ1) is 7.06. The fourth-order valence-corrected chi connectivity index (χ4v) is 1.07. The van der Waals surface area contributed by atoms with Crippen LogP contribution in [0.2, 0.25) is 0 Å². The third kappa shape index (κ3) is 12.0. The standard InChI is InChI=1S/C7H8O.O5P2.Pt/c8-6-7-4-2-1-3-5-7;1-6(2)5-7(3)4;/h1-5,8H,6H2;;/q;;+2. The zero-order chi connectivity index (χ0) is 11.7. The third-order valence-corrected chi connectivity index (χ3v) is 2.23. The van der Waals surface area contributed by atoms with Crippen molar-refractivity contribution in [3.63, 3.8) is 0 Å². The van der Waals surface area contributed by atoms with E-state index in [9.17, 15) is 18.9 Å². The van der Waals surface area contributed by atoms with Crippen LogP contribution < -0.4 is 9.79 Å². The quantitative estimate of drug-likeness (QED) is 0.667. The second-order valence-electron chi connectivity index (χ2n) is 2.17. The molecule has 90 valence electrons. The van der Waals surface area contributed by atoms with Crippen LogP contribution in [0.15, 0.2) is 30.3 Å². The second kappa shape index (κ2) is 11.4. The molecular weight excluding hydrogens is 437 g/mol. The van der Waals surface area contributed by atoms with Gasteiger partial charge in [0, 0.05) is 0 Å². The van der Waals surface area contributed by atoms with Gasteiger partial charge in [0.25, 0.3) is 0 Å². The molecular formula is C7H8O6P2Pt+2. The Morgan fingerprint density at radius 1 is 1.12 bits per heavy atom. The fraction of sp³-hybridized carbons (Fsp3) is 0.143. The third-order valence-electron chi connectivity index (χ3n) is 1.16. The Hall–Kier alpha value is -0.0517. The summed E-state index contributed by atoms with van der Waals surface area (Å²) in [6.07, 6.45) is 0. The molecule has 1 rings (SSSR count). The van der Waals surface area contributed by atoms with Gasteiger partial charge in [-0.05, 0) is 14.7 Å². The van der Waals surface area contributed by atoms with Gasteiger partial charge in [0.2, 0.25) is 0 Å². The molecule has 6 nitrogen and oxygen atoms in total. The molecule has 0 aliphatic carbocycles. The van der Waals surface area contributed by atoms with E-state index in [1.807, 2.05) is 30.3 Å². The first kappa shape index (κ1) is 18.3. The number of hydrogen-bond donors (Lipinski definition) is 1. The normalized spacial score (nSPS) is 10.4. The molecule has 0 aliphatic rings. The number of aliphatic hydroxyl groups is 1. The molecule has 0 fully saturated rings. The monoisotopic (exact) mass is 445 g/mol. The van der Waals surface area contributed by atoms with Crippen LogP contribution in [0.25, 0.3) is 0 Å². The van der Waals surface area contributed by atoms with E-state index in [1.165, 1.54) is 0 Å². The van der Waals surface area contributed by atoms with E-state index in [1.54, 1.807) is 0 Å². The van der Waals surface area contributed by atoms with Crippen LogP contribution in [0.4, 0.5) is 0 Å². The maximum Gasteiger partial charge on any atom is 2.00 e. The minimum Gasteiger partial charge on any atom is -0.563 e. The molecule has 0 radical (unpaired) electrons. The van der Waals surface area contributed by atoms with Crippen LogP contribution in [-0.4, -0.2) is 5.11 Å². The Balaban J connectivity index is 0. The maximum absolute atomic E-state index is 9.24. The summed E-state index contributed by atoms with van der Waals surface area (Å²) in [5.41, 5.74) is 0.965. The fourth-order valence-electron chi connectivity index (χ4n) is 0.638. The number of rotatable bonds is 3. The Labute approximate surface area is 108 Å². The van der Waals surface area contributed by atoms with Gasteiger partial charge in [-0.3, -0.25) is 0 Å². The first-order valence-electron chi connectivity index (χ1n) is 3.68. The second-order valence-corrected chi connectivity index (χ2v) is 3.72. The van der Waals surface area contributed by atoms with E-state index in [0.717, 1.165) is 5.56 Å². The summed E-state index contributed by atoms with van der Waals surface area (Å²) < 4.78 is 21.6. The molecule has 0 saturated heterocycles. The van der Waals surface area contributed by atoms with Gasteiger partial charge in [-0.15, -0.1) is 0 Å². The van der Waals surface area contributed by atoms with Gasteiger partial charge >= 0.3 is 37.6 Å². The molecule has 1 aromatic carbocycles. The van der Waals surface area contributed by atoms with Gasteiger partial charge in [-0.2, -0.15) is 0 Å². The molecule has 16 heavy (non-hydrogen) atoms. The number of hydrogen-bond acceptors (Lipinski definition) is 6. The van der Waals surface area contributed by atoms with Gasteiger partial charge in [0.15, 0.2) is 0 Å². The average molecular weight is 445 g/mol. The summed E-state index contributed by atoms with van der Waals surface area (Å²) in [4.78, 5) is 18.5. The van der Waals surface area contributed by atoms with Crippen LogP contribution in [-0.2, 0) is 41.1 Å². The van der Waals surface area contributed by atoms with Crippen molar-refractivity contribution in [1.82, 2.24) is 0 Å². The van der Waals surface area contributed by atoms with Crippen LogP contribution in [0.3, 0.4) is 0 Å². The SMILES string of the molecule is O=[P+]([O-])O[P+](=O)[O-].OCc1ccccc1.[Pt+2]. The summed E-state index contributed by atoms with van der Waals surface area (Å²) in [6.45, 7) is 0.140. The minimum atomic E-state index is -3.24. The van der Waals surface area contributed by atoms with Gasteiger partial charge < -0.3 is 14.9 Å². The molecule has 0 amide bonds. The maximum atomic E-state index is 9.24. The zero-order valence-electron chi connectivity index (χ0n) is 7.79. The molecule has 0 aromatic heterocycles. The number of benzene rings is 1. The van der Waals surface area contributed by atoms with Crippen molar-refractivity contribution in [3.8, 4) is 0 Å². The Bertz CT molecular complexity index is 308. The molecule has 2 unspecified atom stereocenters. The molecule has 0 spiro atoms. The van der Waals surface area contributed by atoms with Crippen LogP contribution >= 0.6 is 16.5 Å². The number of aliphatic hydroxyl groups excluding tert-OH is 1. The smallest absolute Gasteiger partial charge is 0.563 e. The van der Waals surface area contributed by atoms with Gasteiger partial charge in [0.05, 0.1) is 6.61 Å². The van der Waals surface area contributed by atoms with Gasteiger partial charge in [0.1, 0.15) is 4.31 Å². The summed E-state index contributed by atoms with van der Waals surface area (Å²) >= 11 is 0. The molecule has 1 aromatic rings.